The molecule has 0 fully saturated rings. The number of rotatable bonds is 6. The van der Waals surface area contributed by atoms with Crippen molar-refractivity contribution in [2.24, 2.45) is 0 Å². The van der Waals surface area contributed by atoms with E-state index in [0.29, 0.717) is 45.2 Å². The molecule has 0 radical (unpaired) electrons. The van der Waals surface area contributed by atoms with Crippen molar-refractivity contribution in [2.75, 3.05) is 19.5 Å². The van der Waals surface area contributed by atoms with Crippen LogP contribution < -0.4 is 14.8 Å². The summed E-state index contributed by atoms with van der Waals surface area (Å²) in [4.78, 5) is 8.43. The summed E-state index contributed by atoms with van der Waals surface area (Å²) >= 11 is 6.05. The first-order valence-corrected chi connectivity index (χ1v) is 9.62. The molecule has 0 aliphatic heterocycles. The molecule has 7 nitrogen and oxygen atoms in total. The van der Waals surface area contributed by atoms with Crippen LogP contribution in [0, 0.1) is 0 Å². The Morgan fingerprint density at radius 3 is 2.34 bits per heavy atom. The van der Waals surface area contributed by atoms with Gasteiger partial charge in [-0.25, -0.2) is 9.97 Å². The van der Waals surface area contributed by atoms with E-state index in [9.17, 15) is 13.2 Å². The van der Waals surface area contributed by atoms with Crippen LogP contribution in [0.1, 0.15) is 11.3 Å². The largest absolute Gasteiger partial charge is 0.493 e. The highest BCUT2D eigenvalue weighted by atomic mass is 35.5. The fourth-order valence-electron chi connectivity index (χ4n) is 3.10. The van der Waals surface area contributed by atoms with Gasteiger partial charge in [0.2, 0.25) is 5.28 Å². The van der Waals surface area contributed by atoms with Gasteiger partial charge in [0, 0.05) is 23.1 Å². The Balaban J connectivity index is 1.56. The van der Waals surface area contributed by atoms with Gasteiger partial charge < -0.3 is 19.3 Å². The monoisotopic (exact) mass is 464 g/mol. The number of nitrogens with one attached hydrogen (secondary N) is 1. The fourth-order valence-corrected chi connectivity index (χ4v) is 3.27. The van der Waals surface area contributed by atoms with E-state index >= 15 is 0 Å². The maximum absolute atomic E-state index is 12.7. The van der Waals surface area contributed by atoms with Crippen LogP contribution in [0.15, 0.2) is 47.0 Å². The number of alkyl halides is 3. The van der Waals surface area contributed by atoms with Crippen LogP contribution in [0.3, 0.4) is 0 Å². The predicted octanol–water partition coefficient (Wildman–Crippen LogP) is 5.59. The fraction of sp³-hybridized carbons (Fsp3) is 0.190. The zero-order valence-corrected chi connectivity index (χ0v) is 17.6. The highest BCUT2D eigenvalue weighted by Gasteiger charge is 2.30. The quantitative estimate of drug-likeness (QED) is 0.373. The number of methoxy groups -OCH3 is 2. The molecule has 32 heavy (non-hydrogen) atoms. The number of nitrogens with zero attached hydrogens (tertiary/aromatic N) is 3. The van der Waals surface area contributed by atoms with Gasteiger partial charge in [0.05, 0.1) is 31.8 Å². The van der Waals surface area contributed by atoms with E-state index < -0.39 is 11.7 Å². The van der Waals surface area contributed by atoms with Crippen molar-refractivity contribution in [1.29, 1.82) is 0 Å². The molecule has 166 valence electrons. The molecule has 0 aliphatic rings. The number of anilines is 1. The highest BCUT2D eigenvalue weighted by molar-refractivity contribution is 6.28. The Morgan fingerprint density at radius 2 is 1.69 bits per heavy atom. The summed E-state index contributed by atoms with van der Waals surface area (Å²) in [5.74, 6) is 1.88. The van der Waals surface area contributed by atoms with E-state index in [-0.39, 0.29) is 11.8 Å². The highest BCUT2D eigenvalue weighted by Crippen LogP contribution is 2.35. The summed E-state index contributed by atoms with van der Waals surface area (Å²) in [7, 11) is 3.04. The Morgan fingerprint density at radius 1 is 1.00 bits per heavy atom. The molecule has 0 aliphatic carbocycles. The number of hydrogen-bond donors (Lipinski definition) is 1. The lowest BCUT2D eigenvalue weighted by molar-refractivity contribution is -0.137. The van der Waals surface area contributed by atoms with Gasteiger partial charge in [-0.3, -0.25) is 0 Å². The molecule has 2 heterocycles. The minimum absolute atomic E-state index is 0.0373. The zero-order valence-electron chi connectivity index (χ0n) is 16.8. The van der Waals surface area contributed by atoms with Crippen LogP contribution in [0.2, 0.25) is 5.28 Å². The molecular weight excluding hydrogens is 449 g/mol. The molecule has 0 saturated carbocycles. The van der Waals surface area contributed by atoms with E-state index in [0.717, 1.165) is 12.1 Å². The number of benzene rings is 2. The van der Waals surface area contributed by atoms with Gasteiger partial charge in [-0.1, -0.05) is 17.3 Å². The number of aromatic nitrogens is 3. The standard InChI is InChI=1S/C21H16ClF3N4O3/c1-30-17-8-14-16(9-18(17)31-2)27-20(22)28-19(14)26-10-13-7-15(29-32-13)11-3-5-12(6-4-11)21(23,24)25/h3-9H,10H2,1-2H3,(H,26,27,28). The summed E-state index contributed by atoms with van der Waals surface area (Å²) in [6.45, 7) is 0.199. The number of ether oxygens (including phenoxy) is 2. The average Bonchev–Trinajstić information content (AvgIpc) is 3.25. The van der Waals surface area contributed by atoms with Gasteiger partial charge in [-0.2, -0.15) is 13.2 Å². The number of halogens is 4. The van der Waals surface area contributed by atoms with Crippen molar-refractivity contribution in [2.45, 2.75) is 12.7 Å². The van der Waals surface area contributed by atoms with E-state index in [1.807, 2.05) is 0 Å². The third-order valence-electron chi connectivity index (χ3n) is 4.67. The van der Waals surface area contributed by atoms with E-state index in [1.165, 1.54) is 26.4 Å². The molecule has 1 N–H and O–H groups in total. The maximum Gasteiger partial charge on any atom is 0.416 e. The van der Waals surface area contributed by atoms with Crippen molar-refractivity contribution in [3.8, 4) is 22.8 Å². The first-order valence-electron chi connectivity index (χ1n) is 9.25. The molecule has 2 aromatic heterocycles. The van der Waals surface area contributed by atoms with Gasteiger partial charge in [0.15, 0.2) is 17.3 Å². The first-order chi connectivity index (χ1) is 15.3. The molecule has 4 rings (SSSR count). The predicted molar refractivity (Wildman–Crippen MR) is 112 cm³/mol. The third-order valence-corrected chi connectivity index (χ3v) is 4.84. The Bertz CT molecular complexity index is 1260. The second-order valence-corrected chi connectivity index (χ2v) is 7.01. The van der Waals surface area contributed by atoms with Crippen LogP contribution in [0.4, 0.5) is 19.0 Å². The Labute approximate surface area is 185 Å². The zero-order chi connectivity index (χ0) is 22.9. The molecule has 0 unspecified atom stereocenters. The van der Waals surface area contributed by atoms with Gasteiger partial charge in [-0.15, -0.1) is 0 Å². The summed E-state index contributed by atoms with van der Waals surface area (Å²) < 4.78 is 54.2. The van der Waals surface area contributed by atoms with Gasteiger partial charge in [-0.05, 0) is 29.8 Å². The Kier molecular flexibility index (Phi) is 5.79. The average molecular weight is 465 g/mol. The van der Waals surface area contributed by atoms with Gasteiger partial charge >= 0.3 is 6.18 Å². The molecule has 0 saturated heterocycles. The molecule has 0 amide bonds. The van der Waals surface area contributed by atoms with E-state index in [2.05, 4.69) is 20.4 Å². The SMILES string of the molecule is COc1cc2nc(Cl)nc(NCc3cc(-c4ccc(C(F)(F)F)cc4)no3)c2cc1OC. The third kappa shape index (κ3) is 4.40. The lowest BCUT2D eigenvalue weighted by Crippen LogP contribution is -2.04. The van der Waals surface area contributed by atoms with Crippen LogP contribution in [-0.4, -0.2) is 29.3 Å². The maximum atomic E-state index is 12.7. The second kappa shape index (κ2) is 8.54. The van der Waals surface area contributed by atoms with Crippen molar-refractivity contribution in [1.82, 2.24) is 15.1 Å². The second-order valence-electron chi connectivity index (χ2n) is 6.67. The van der Waals surface area contributed by atoms with Crippen molar-refractivity contribution >= 4 is 28.3 Å². The number of fused-ring (bicyclic) bond motifs is 1. The minimum Gasteiger partial charge on any atom is -0.493 e. The van der Waals surface area contributed by atoms with Crippen LogP contribution in [0.25, 0.3) is 22.2 Å². The molecule has 0 bridgehead atoms. The summed E-state index contributed by atoms with van der Waals surface area (Å²) in [6, 6.07) is 9.72. The molecule has 4 aromatic rings. The van der Waals surface area contributed by atoms with Crippen molar-refractivity contribution in [3.63, 3.8) is 0 Å². The molecule has 0 atom stereocenters. The Hall–Kier alpha value is -3.53. The molecule has 11 heteroatoms. The number of hydrogen-bond acceptors (Lipinski definition) is 7. The van der Waals surface area contributed by atoms with E-state index in [1.54, 1.807) is 18.2 Å². The first kappa shape index (κ1) is 21.7. The van der Waals surface area contributed by atoms with Crippen LogP contribution >= 0.6 is 11.6 Å². The smallest absolute Gasteiger partial charge is 0.416 e. The van der Waals surface area contributed by atoms with Crippen molar-refractivity contribution < 1.29 is 27.2 Å². The molecule has 0 spiro atoms. The lowest BCUT2D eigenvalue weighted by Gasteiger charge is -2.12. The van der Waals surface area contributed by atoms with Crippen molar-refractivity contribution in [3.05, 3.63) is 59.1 Å². The summed E-state index contributed by atoms with van der Waals surface area (Å²) in [6.07, 6.45) is -4.40. The van der Waals surface area contributed by atoms with Crippen LogP contribution in [0.5, 0.6) is 11.5 Å². The molecule has 2 aromatic carbocycles. The normalized spacial score (nSPS) is 11.6. The summed E-state index contributed by atoms with van der Waals surface area (Å²) in [5, 5.41) is 7.73. The van der Waals surface area contributed by atoms with Gasteiger partial charge in [0.1, 0.15) is 11.5 Å². The summed E-state index contributed by atoms with van der Waals surface area (Å²) in [5.41, 5.74) is 0.729. The topological polar surface area (TPSA) is 82.3 Å². The van der Waals surface area contributed by atoms with E-state index in [4.69, 9.17) is 25.6 Å². The van der Waals surface area contributed by atoms with Gasteiger partial charge in [0.25, 0.3) is 0 Å². The minimum atomic E-state index is -4.40. The molecular formula is C21H16ClF3N4O3. The lowest BCUT2D eigenvalue weighted by atomic mass is 10.1. The van der Waals surface area contributed by atoms with Crippen LogP contribution in [-0.2, 0) is 12.7 Å².